The molecule has 0 bridgehead atoms. The Morgan fingerprint density at radius 3 is 2.62 bits per heavy atom. The van der Waals surface area contributed by atoms with Crippen molar-refractivity contribution in [2.45, 2.75) is 52.1 Å². The summed E-state index contributed by atoms with van der Waals surface area (Å²) in [5.41, 5.74) is 3.35. The number of hydrogen-bond acceptors (Lipinski definition) is 8. The summed E-state index contributed by atoms with van der Waals surface area (Å²) in [5, 5.41) is 12.8. The van der Waals surface area contributed by atoms with Crippen molar-refractivity contribution in [3.63, 3.8) is 0 Å². The van der Waals surface area contributed by atoms with Gasteiger partial charge < -0.3 is 15.5 Å². The fourth-order valence-electron chi connectivity index (χ4n) is 5.48. The van der Waals surface area contributed by atoms with Crippen LogP contribution in [0.1, 0.15) is 50.4 Å². The van der Waals surface area contributed by atoms with Gasteiger partial charge >= 0.3 is 0 Å². The predicted octanol–water partition coefficient (Wildman–Crippen LogP) is 4.08. The average Bonchev–Trinajstić information content (AvgIpc) is 3.46. The smallest absolute Gasteiger partial charge is 0.251 e. The highest BCUT2D eigenvalue weighted by atomic mass is 32.1. The van der Waals surface area contributed by atoms with Crippen molar-refractivity contribution in [3.8, 4) is 21.8 Å². The quantitative estimate of drug-likeness (QED) is 0.258. The van der Waals surface area contributed by atoms with Gasteiger partial charge in [-0.05, 0) is 74.8 Å². The number of amides is 2. The van der Waals surface area contributed by atoms with E-state index in [4.69, 9.17) is 9.97 Å². The monoisotopic (exact) mass is 586 g/mol. The number of nitrogens with zero attached hydrogens (tertiary/aromatic N) is 6. The number of nitrogens with one attached hydrogen (secondary N) is 2. The molecule has 4 aromatic heterocycles. The van der Waals surface area contributed by atoms with Gasteiger partial charge in [-0.25, -0.2) is 14.5 Å². The van der Waals surface area contributed by atoms with E-state index in [1.165, 1.54) is 12.8 Å². The number of anilines is 1. The summed E-state index contributed by atoms with van der Waals surface area (Å²) in [7, 11) is 0. The van der Waals surface area contributed by atoms with E-state index >= 15 is 0 Å². The highest BCUT2D eigenvalue weighted by Gasteiger charge is 2.36. The van der Waals surface area contributed by atoms with E-state index in [2.05, 4.69) is 41.4 Å². The lowest BCUT2D eigenvalue weighted by Crippen LogP contribution is -2.57. The first-order chi connectivity index (χ1) is 20.4. The number of carbonyl (C=O) groups is 2. The van der Waals surface area contributed by atoms with Crippen LogP contribution in [0.3, 0.4) is 0 Å². The Balaban J connectivity index is 1.33. The number of thiophene rings is 1. The number of carbonyl (C=O) groups excluding carboxylic acids is 2. The van der Waals surface area contributed by atoms with Crippen molar-refractivity contribution in [1.29, 1.82) is 0 Å². The number of rotatable bonds is 12. The first-order valence-corrected chi connectivity index (χ1v) is 15.8. The minimum absolute atomic E-state index is 0.0256. The molecule has 10 nitrogen and oxygen atoms in total. The minimum Gasteiger partial charge on any atom is -0.354 e. The summed E-state index contributed by atoms with van der Waals surface area (Å²) in [6.45, 7) is 10.2. The molecule has 2 fully saturated rings. The van der Waals surface area contributed by atoms with Gasteiger partial charge in [0.25, 0.3) is 5.91 Å². The third-order valence-electron chi connectivity index (χ3n) is 8.36. The molecule has 11 heteroatoms. The van der Waals surface area contributed by atoms with E-state index in [-0.39, 0.29) is 23.9 Å². The Morgan fingerprint density at radius 1 is 1.10 bits per heavy atom. The molecule has 4 aromatic rings. The molecule has 1 saturated carbocycles. The molecule has 42 heavy (non-hydrogen) atoms. The van der Waals surface area contributed by atoms with Crippen LogP contribution in [0, 0.1) is 5.92 Å². The van der Waals surface area contributed by atoms with E-state index < -0.39 is 0 Å². The van der Waals surface area contributed by atoms with Crippen molar-refractivity contribution >= 4 is 34.6 Å². The highest BCUT2D eigenvalue weighted by molar-refractivity contribution is 7.13. The van der Waals surface area contributed by atoms with E-state index in [0.717, 1.165) is 42.2 Å². The second-order valence-electron chi connectivity index (χ2n) is 11.2. The maximum absolute atomic E-state index is 13.5. The topological polar surface area (TPSA) is 108 Å². The van der Waals surface area contributed by atoms with Crippen LogP contribution < -0.4 is 15.5 Å². The van der Waals surface area contributed by atoms with Gasteiger partial charge in [-0.15, -0.1) is 11.3 Å². The third kappa shape index (κ3) is 5.89. The fourth-order valence-corrected chi connectivity index (χ4v) is 6.18. The molecule has 0 aromatic carbocycles. The van der Waals surface area contributed by atoms with Crippen molar-refractivity contribution in [3.05, 3.63) is 53.7 Å². The predicted molar refractivity (Wildman–Crippen MR) is 166 cm³/mol. The summed E-state index contributed by atoms with van der Waals surface area (Å²) in [5.74, 6) is 1.08. The molecular formula is C31H38N8O2S. The summed E-state index contributed by atoms with van der Waals surface area (Å²) in [6.07, 6.45) is 6.76. The Morgan fingerprint density at radius 2 is 1.93 bits per heavy atom. The summed E-state index contributed by atoms with van der Waals surface area (Å²) in [4.78, 5) is 41.8. The average molecular weight is 587 g/mol. The molecule has 0 spiro atoms. The van der Waals surface area contributed by atoms with Gasteiger partial charge in [-0.1, -0.05) is 19.9 Å². The molecule has 2 N–H and O–H groups in total. The van der Waals surface area contributed by atoms with Crippen LogP contribution in [0.15, 0.2) is 48.1 Å². The number of likely N-dealkylation sites (N-methyl/N-ethyl adjacent to an activating group) is 1. The maximum Gasteiger partial charge on any atom is 0.251 e. The Kier molecular flexibility index (Phi) is 8.21. The standard InChI is InChI=1S/C31H38N8O2S/c1-4-37(5-2)20(3)17-32-30(40)22-15-25(23-19-34-39-13-10-24(36-29(23)39)27-7-6-14-42-27)35-28(16-22)38-12-11-26(38)31(41)33-18-21-8-9-21/h6-7,10,13-16,19-21,26H,4-5,8-9,11-12,17-18H2,1-3H3,(H,32,40)(H,33,41)/t20?,26-/m0/s1. The zero-order valence-corrected chi connectivity index (χ0v) is 25.2. The summed E-state index contributed by atoms with van der Waals surface area (Å²) < 4.78 is 1.73. The molecule has 1 aliphatic carbocycles. The van der Waals surface area contributed by atoms with Crippen molar-refractivity contribution in [1.82, 2.24) is 35.1 Å². The van der Waals surface area contributed by atoms with E-state index in [0.29, 0.717) is 41.7 Å². The largest absolute Gasteiger partial charge is 0.354 e. The minimum atomic E-state index is -0.294. The van der Waals surface area contributed by atoms with Gasteiger partial charge in [0, 0.05) is 37.4 Å². The van der Waals surface area contributed by atoms with Gasteiger partial charge in [0.1, 0.15) is 11.9 Å². The fraction of sp³-hybridized carbons (Fsp3) is 0.452. The Bertz CT molecular complexity index is 1560. The van der Waals surface area contributed by atoms with Crippen molar-refractivity contribution in [2.24, 2.45) is 5.92 Å². The molecule has 1 aliphatic heterocycles. The molecule has 0 radical (unpaired) electrons. The van der Waals surface area contributed by atoms with Crippen LogP contribution in [-0.4, -0.2) is 81.1 Å². The molecule has 2 aliphatic rings. The molecule has 2 amide bonds. The van der Waals surface area contributed by atoms with Gasteiger partial charge in [-0.3, -0.25) is 14.5 Å². The van der Waals surface area contributed by atoms with Crippen LogP contribution in [-0.2, 0) is 4.79 Å². The summed E-state index contributed by atoms with van der Waals surface area (Å²) in [6, 6.07) is 9.51. The van der Waals surface area contributed by atoms with E-state index in [1.807, 2.05) is 34.7 Å². The molecule has 1 unspecified atom stereocenters. The van der Waals surface area contributed by atoms with Gasteiger partial charge in [0.2, 0.25) is 5.91 Å². The molecule has 1 saturated heterocycles. The van der Waals surface area contributed by atoms with Crippen molar-refractivity contribution < 1.29 is 9.59 Å². The SMILES string of the molecule is CCN(CC)C(C)CNC(=O)c1cc(-c2cnn3ccc(-c4cccs4)nc23)nc(N2CC[C@H]2C(=O)NCC2CC2)c1. The lowest BCUT2D eigenvalue weighted by molar-refractivity contribution is -0.123. The van der Waals surface area contributed by atoms with Crippen LogP contribution in [0.25, 0.3) is 27.5 Å². The van der Waals surface area contributed by atoms with Crippen LogP contribution in [0.4, 0.5) is 5.82 Å². The molecular weight excluding hydrogens is 548 g/mol. The number of hydrogen-bond donors (Lipinski definition) is 2. The highest BCUT2D eigenvalue weighted by Crippen LogP contribution is 2.32. The number of fused-ring (bicyclic) bond motifs is 1. The first kappa shape index (κ1) is 28.3. The third-order valence-corrected chi connectivity index (χ3v) is 9.26. The molecule has 6 rings (SSSR count). The van der Waals surface area contributed by atoms with Crippen LogP contribution in [0.2, 0.25) is 0 Å². The molecule has 2 atom stereocenters. The van der Waals surface area contributed by atoms with Crippen LogP contribution >= 0.6 is 11.3 Å². The lowest BCUT2D eigenvalue weighted by Gasteiger charge is -2.41. The van der Waals surface area contributed by atoms with E-state index in [1.54, 1.807) is 34.2 Å². The second kappa shape index (κ2) is 12.2. The van der Waals surface area contributed by atoms with Gasteiger partial charge in [0.15, 0.2) is 5.65 Å². The van der Waals surface area contributed by atoms with Gasteiger partial charge in [0.05, 0.1) is 28.0 Å². The number of aromatic nitrogens is 4. The lowest BCUT2D eigenvalue weighted by atomic mass is 10.0. The first-order valence-electron chi connectivity index (χ1n) is 14.9. The van der Waals surface area contributed by atoms with Crippen LogP contribution in [0.5, 0.6) is 0 Å². The second-order valence-corrected chi connectivity index (χ2v) is 12.1. The Labute approximate surface area is 250 Å². The zero-order chi connectivity index (χ0) is 29.2. The zero-order valence-electron chi connectivity index (χ0n) is 24.4. The van der Waals surface area contributed by atoms with Crippen molar-refractivity contribution in [2.75, 3.05) is 37.6 Å². The van der Waals surface area contributed by atoms with Gasteiger partial charge in [-0.2, -0.15) is 5.10 Å². The molecule has 5 heterocycles. The molecule has 220 valence electrons. The summed E-state index contributed by atoms with van der Waals surface area (Å²) >= 11 is 1.63. The maximum atomic E-state index is 13.5. The van der Waals surface area contributed by atoms with E-state index in [9.17, 15) is 9.59 Å². The Hall–Kier alpha value is -3.83. The normalized spacial score (nSPS) is 17.3. The number of pyridine rings is 1.